The van der Waals surface area contributed by atoms with Gasteiger partial charge in [0.15, 0.2) is 5.43 Å². The highest BCUT2D eigenvalue weighted by Gasteiger charge is 2.10. The Kier molecular flexibility index (Phi) is 6.83. The van der Waals surface area contributed by atoms with Crippen LogP contribution in [0.25, 0.3) is 22.3 Å². The van der Waals surface area contributed by atoms with Crippen LogP contribution in [0.2, 0.25) is 0 Å². The zero-order chi connectivity index (χ0) is 20.8. The van der Waals surface area contributed by atoms with Crippen LogP contribution in [0, 0.1) is 6.92 Å². The second kappa shape index (κ2) is 9.52. The fourth-order valence-electron chi connectivity index (χ4n) is 3.34. The highest BCUT2D eigenvalue weighted by atomic mass is 16.3. The first-order chi connectivity index (χ1) is 14.0. The van der Waals surface area contributed by atoms with Gasteiger partial charge < -0.3 is 14.6 Å². The number of fused-ring (bicyclic) bond motifs is 1. The van der Waals surface area contributed by atoms with E-state index in [1.807, 2.05) is 37.3 Å². The largest absolute Gasteiger partial charge is 0.456 e. The number of nitrogens with zero attached hydrogens (tertiary/aromatic N) is 1. The molecule has 5 nitrogen and oxygen atoms in total. The maximum absolute atomic E-state index is 12.4. The summed E-state index contributed by atoms with van der Waals surface area (Å²) in [6.07, 6.45) is 0.924. The molecular formula is C24H28N2O3. The molecule has 0 radical (unpaired) electrons. The molecule has 0 aliphatic rings. The van der Waals surface area contributed by atoms with Crippen molar-refractivity contribution in [3.05, 3.63) is 69.9 Å². The Morgan fingerprint density at radius 1 is 1.03 bits per heavy atom. The van der Waals surface area contributed by atoms with Crippen molar-refractivity contribution in [2.24, 2.45) is 0 Å². The van der Waals surface area contributed by atoms with E-state index in [-0.39, 0.29) is 11.3 Å². The molecule has 0 atom stereocenters. The molecule has 0 aliphatic carbocycles. The van der Waals surface area contributed by atoms with Crippen LogP contribution in [0.15, 0.2) is 57.7 Å². The molecule has 0 unspecified atom stereocenters. The second-order valence-corrected chi connectivity index (χ2v) is 7.19. The van der Waals surface area contributed by atoms with Gasteiger partial charge in [-0.1, -0.05) is 37.6 Å². The summed E-state index contributed by atoms with van der Waals surface area (Å²) in [5.74, 6) is 0.407. The predicted octanol–water partition coefficient (Wildman–Crippen LogP) is 4.23. The lowest BCUT2D eigenvalue weighted by atomic mass is 10.1. The molecule has 29 heavy (non-hydrogen) atoms. The van der Waals surface area contributed by atoms with E-state index in [0.29, 0.717) is 28.8 Å². The number of aryl methyl sites for hydroxylation is 1. The van der Waals surface area contributed by atoms with E-state index in [1.165, 1.54) is 6.07 Å². The minimum absolute atomic E-state index is 0.0695. The van der Waals surface area contributed by atoms with Crippen molar-refractivity contribution in [3.8, 4) is 11.3 Å². The van der Waals surface area contributed by atoms with E-state index in [2.05, 4.69) is 24.1 Å². The number of nitrogens with one attached hydrogen (secondary N) is 1. The van der Waals surface area contributed by atoms with Crippen LogP contribution in [-0.2, 0) is 0 Å². The lowest BCUT2D eigenvalue weighted by Gasteiger charge is -2.17. The van der Waals surface area contributed by atoms with Gasteiger partial charge in [0, 0.05) is 23.7 Å². The maximum atomic E-state index is 12.4. The monoisotopic (exact) mass is 392 g/mol. The van der Waals surface area contributed by atoms with Crippen LogP contribution in [0.5, 0.6) is 0 Å². The average Bonchev–Trinajstić information content (AvgIpc) is 2.74. The Bertz CT molecular complexity index is 1030. The number of amides is 1. The van der Waals surface area contributed by atoms with Crippen molar-refractivity contribution in [2.75, 3.05) is 26.2 Å². The lowest BCUT2D eigenvalue weighted by Crippen LogP contribution is -2.29. The first-order valence-electron chi connectivity index (χ1n) is 10.2. The van der Waals surface area contributed by atoms with Crippen molar-refractivity contribution < 1.29 is 9.21 Å². The van der Waals surface area contributed by atoms with Crippen molar-refractivity contribution in [2.45, 2.75) is 27.2 Å². The van der Waals surface area contributed by atoms with E-state index in [0.717, 1.165) is 37.2 Å². The van der Waals surface area contributed by atoms with E-state index < -0.39 is 0 Å². The van der Waals surface area contributed by atoms with Crippen molar-refractivity contribution in [3.63, 3.8) is 0 Å². The molecule has 3 aromatic rings. The van der Waals surface area contributed by atoms with E-state index in [9.17, 15) is 9.59 Å². The van der Waals surface area contributed by atoms with Crippen LogP contribution in [0.3, 0.4) is 0 Å². The Morgan fingerprint density at radius 3 is 2.45 bits per heavy atom. The highest BCUT2D eigenvalue weighted by molar-refractivity contribution is 5.94. The number of hydrogen-bond acceptors (Lipinski definition) is 4. The quantitative estimate of drug-likeness (QED) is 0.583. The van der Waals surface area contributed by atoms with Crippen molar-refractivity contribution in [1.82, 2.24) is 10.2 Å². The highest BCUT2D eigenvalue weighted by Crippen LogP contribution is 2.23. The van der Waals surface area contributed by atoms with Gasteiger partial charge in [0.1, 0.15) is 11.3 Å². The van der Waals surface area contributed by atoms with Gasteiger partial charge in [0.2, 0.25) is 0 Å². The fourth-order valence-corrected chi connectivity index (χ4v) is 3.34. The number of carbonyl (C=O) groups is 1. The van der Waals surface area contributed by atoms with Crippen LogP contribution in [0.4, 0.5) is 0 Å². The van der Waals surface area contributed by atoms with Gasteiger partial charge in [-0.3, -0.25) is 9.59 Å². The topological polar surface area (TPSA) is 62.6 Å². The van der Waals surface area contributed by atoms with Gasteiger partial charge in [-0.15, -0.1) is 0 Å². The molecule has 3 rings (SSSR count). The normalized spacial score (nSPS) is 11.2. The smallest absolute Gasteiger partial charge is 0.251 e. The van der Waals surface area contributed by atoms with Crippen LogP contribution in [-0.4, -0.2) is 37.0 Å². The van der Waals surface area contributed by atoms with E-state index >= 15 is 0 Å². The van der Waals surface area contributed by atoms with Gasteiger partial charge in [0.25, 0.3) is 5.91 Å². The van der Waals surface area contributed by atoms with Crippen molar-refractivity contribution in [1.29, 1.82) is 0 Å². The van der Waals surface area contributed by atoms with Gasteiger partial charge in [0.05, 0.1) is 5.39 Å². The summed E-state index contributed by atoms with van der Waals surface area (Å²) in [4.78, 5) is 27.1. The number of benzene rings is 2. The average molecular weight is 392 g/mol. The first kappa shape index (κ1) is 20.8. The third-order valence-electron chi connectivity index (χ3n) is 5.15. The fraction of sp³-hybridized carbons (Fsp3) is 0.333. The molecule has 1 aromatic heterocycles. The minimum atomic E-state index is -0.0912. The molecule has 0 saturated carbocycles. The SMILES string of the molecule is CCN(CC)CCCNC(=O)c1ccc(-c2cc(=O)c3cc(C)ccc3o2)cc1. The Morgan fingerprint density at radius 2 is 1.76 bits per heavy atom. The van der Waals surface area contributed by atoms with Gasteiger partial charge in [-0.2, -0.15) is 0 Å². The van der Waals surface area contributed by atoms with E-state index in [1.54, 1.807) is 12.1 Å². The maximum Gasteiger partial charge on any atom is 0.251 e. The molecule has 1 amide bonds. The summed E-state index contributed by atoms with van der Waals surface area (Å²) < 4.78 is 5.90. The molecule has 0 aliphatic heterocycles. The van der Waals surface area contributed by atoms with Crippen LogP contribution in [0.1, 0.15) is 36.2 Å². The molecule has 0 bridgehead atoms. The Hall–Kier alpha value is -2.92. The number of rotatable bonds is 8. The molecule has 0 saturated heterocycles. The van der Waals surface area contributed by atoms with Gasteiger partial charge in [-0.05, 0) is 57.2 Å². The summed E-state index contributed by atoms with van der Waals surface area (Å²) in [5, 5.41) is 3.54. The van der Waals surface area contributed by atoms with Gasteiger partial charge >= 0.3 is 0 Å². The molecule has 0 spiro atoms. The van der Waals surface area contributed by atoms with Crippen LogP contribution < -0.4 is 10.7 Å². The summed E-state index contributed by atoms with van der Waals surface area (Å²) in [6, 6.07) is 14.2. The molecule has 152 valence electrons. The lowest BCUT2D eigenvalue weighted by molar-refractivity contribution is 0.0952. The summed E-state index contributed by atoms with van der Waals surface area (Å²) in [5.41, 5.74) is 2.87. The zero-order valence-corrected chi connectivity index (χ0v) is 17.3. The predicted molar refractivity (Wildman–Crippen MR) is 117 cm³/mol. The molecule has 5 heteroatoms. The number of carbonyl (C=O) groups excluding carboxylic acids is 1. The third-order valence-corrected chi connectivity index (χ3v) is 5.15. The Labute approximate surface area is 171 Å². The number of hydrogen-bond donors (Lipinski definition) is 1. The standard InChI is InChI=1S/C24H28N2O3/c1-4-26(5-2)14-6-13-25-24(28)19-10-8-18(9-11-19)23-16-21(27)20-15-17(3)7-12-22(20)29-23/h7-12,15-16H,4-6,13-14H2,1-3H3,(H,25,28). The molecule has 1 N–H and O–H groups in total. The minimum Gasteiger partial charge on any atom is -0.456 e. The summed E-state index contributed by atoms with van der Waals surface area (Å²) >= 11 is 0. The Balaban J connectivity index is 1.67. The zero-order valence-electron chi connectivity index (χ0n) is 17.3. The second-order valence-electron chi connectivity index (χ2n) is 7.19. The van der Waals surface area contributed by atoms with Crippen molar-refractivity contribution >= 4 is 16.9 Å². The van der Waals surface area contributed by atoms with Crippen LogP contribution >= 0.6 is 0 Å². The third kappa shape index (κ3) is 5.12. The van der Waals surface area contributed by atoms with E-state index in [4.69, 9.17) is 4.42 Å². The molecule has 0 fully saturated rings. The molecule has 2 aromatic carbocycles. The summed E-state index contributed by atoms with van der Waals surface area (Å²) in [6.45, 7) is 9.90. The molecule has 1 heterocycles. The molecular weight excluding hydrogens is 364 g/mol. The van der Waals surface area contributed by atoms with Gasteiger partial charge in [-0.25, -0.2) is 0 Å². The summed E-state index contributed by atoms with van der Waals surface area (Å²) in [7, 11) is 0. The first-order valence-corrected chi connectivity index (χ1v) is 10.2.